The van der Waals surface area contributed by atoms with E-state index in [2.05, 4.69) is 0 Å². The summed E-state index contributed by atoms with van der Waals surface area (Å²) in [7, 11) is 0. The molecule has 1 aromatic rings. The molecular formula is C11H12F2N2O3. The summed E-state index contributed by atoms with van der Waals surface area (Å²) in [5, 5.41) is 12.7. The zero-order valence-electron chi connectivity index (χ0n) is 10.1. The first-order chi connectivity index (χ1) is 8.14. The van der Waals surface area contributed by atoms with Crippen molar-refractivity contribution in [1.82, 2.24) is 0 Å². The van der Waals surface area contributed by atoms with Gasteiger partial charge in [-0.2, -0.15) is 0 Å². The van der Waals surface area contributed by atoms with Gasteiger partial charge in [0.15, 0.2) is 17.3 Å². The van der Waals surface area contributed by atoms with Crippen LogP contribution in [0.4, 0.5) is 20.2 Å². The van der Waals surface area contributed by atoms with Crippen molar-refractivity contribution in [2.24, 2.45) is 5.41 Å². The van der Waals surface area contributed by atoms with Crippen LogP contribution in [0.25, 0.3) is 0 Å². The van der Waals surface area contributed by atoms with Crippen LogP contribution in [0.15, 0.2) is 12.1 Å². The van der Waals surface area contributed by atoms with Gasteiger partial charge in [0.25, 0.3) is 5.69 Å². The van der Waals surface area contributed by atoms with E-state index >= 15 is 0 Å². The second-order valence-corrected chi connectivity index (χ2v) is 4.72. The molecule has 5 nitrogen and oxygen atoms in total. The number of nitrogens with one attached hydrogen (secondary N) is 1. The topological polar surface area (TPSA) is 72.2 Å². The summed E-state index contributed by atoms with van der Waals surface area (Å²) in [6, 6.07) is 1.44. The van der Waals surface area contributed by atoms with Crippen LogP contribution in [0.3, 0.4) is 0 Å². The summed E-state index contributed by atoms with van der Waals surface area (Å²) in [5.74, 6) is -3.35. The van der Waals surface area contributed by atoms with Crippen molar-refractivity contribution in [3.05, 3.63) is 33.9 Å². The Bertz CT molecular complexity index is 510. The molecule has 0 atom stereocenters. The Hall–Kier alpha value is -2.05. The van der Waals surface area contributed by atoms with E-state index < -0.39 is 39.3 Å². The Labute approximate surface area is 102 Å². The van der Waals surface area contributed by atoms with Gasteiger partial charge in [-0.05, 0) is 6.07 Å². The van der Waals surface area contributed by atoms with E-state index in [1.807, 2.05) is 5.32 Å². The average molecular weight is 258 g/mol. The summed E-state index contributed by atoms with van der Waals surface area (Å²) >= 11 is 0. The number of nitrogens with zero attached hydrogens (tertiary/aromatic N) is 1. The van der Waals surface area contributed by atoms with Crippen LogP contribution in [0.1, 0.15) is 20.8 Å². The number of hydrogen-bond acceptors (Lipinski definition) is 3. The molecule has 0 aromatic heterocycles. The molecule has 98 valence electrons. The summed E-state index contributed by atoms with van der Waals surface area (Å²) in [5.41, 5.74) is -2.32. The maximum Gasteiger partial charge on any atom is 0.296 e. The first-order valence-electron chi connectivity index (χ1n) is 5.08. The molecule has 0 saturated carbocycles. The smallest absolute Gasteiger partial charge is 0.296 e. The maximum absolute atomic E-state index is 13.5. The molecule has 0 heterocycles. The van der Waals surface area contributed by atoms with Crippen LogP contribution in [-0.4, -0.2) is 10.8 Å². The predicted octanol–water partition coefficient (Wildman–Crippen LogP) is 2.86. The van der Waals surface area contributed by atoms with E-state index in [1.165, 1.54) is 0 Å². The second-order valence-electron chi connectivity index (χ2n) is 4.72. The number of rotatable bonds is 2. The van der Waals surface area contributed by atoms with Gasteiger partial charge < -0.3 is 5.32 Å². The Morgan fingerprint density at radius 1 is 1.33 bits per heavy atom. The third-order valence-electron chi connectivity index (χ3n) is 2.19. The molecule has 0 unspecified atom stereocenters. The molecule has 0 radical (unpaired) electrons. The van der Waals surface area contributed by atoms with Gasteiger partial charge in [-0.1, -0.05) is 20.8 Å². The Morgan fingerprint density at radius 3 is 2.33 bits per heavy atom. The molecule has 1 amide bonds. The number of halogens is 2. The number of nitro benzene ring substituents is 1. The number of carbonyl (C=O) groups excluding carboxylic acids is 1. The summed E-state index contributed by atoms with van der Waals surface area (Å²) in [6.07, 6.45) is 0. The van der Waals surface area contributed by atoms with Crippen molar-refractivity contribution in [2.45, 2.75) is 20.8 Å². The van der Waals surface area contributed by atoms with Crippen LogP contribution in [0.5, 0.6) is 0 Å². The van der Waals surface area contributed by atoms with Gasteiger partial charge in [0.1, 0.15) is 0 Å². The number of amides is 1. The highest BCUT2D eigenvalue weighted by atomic mass is 19.2. The molecule has 0 bridgehead atoms. The van der Waals surface area contributed by atoms with Gasteiger partial charge in [-0.15, -0.1) is 0 Å². The van der Waals surface area contributed by atoms with Crippen LogP contribution in [0.2, 0.25) is 0 Å². The van der Waals surface area contributed by atoms with Crippen molar-refractivity contribution >= 4 is 17.3 Å². The SMILES string of the molecule is CC(C)(C)C(=O)Nc1c([N+](=O)[O-])ccc(F)c1F. The number of benzene rings is 1. The molecule has 0 fully saturated rings. The zero-order valence-corrected chi connectivity index (χ0v) is 10.1. The predicted molar refractivity (Wildman–Crippen MR) is 61.1 cm³/mol. The Balaban J connectivity index is 3.26. The minimum Gasteiger partial charge on any atom is -0.317 e. The molecule has 1 N–H and O–H groups in total. The number of hydrogen-bond donors (Lipinski definition) is 1. The minimum atomic E-state index is -1.44. The van der Waals surface area contributed by atoms with E-state index in [0.717, 1.165) is 6.07 Å². The minimum absolute atomic E-state index is 0.639. The summed E-state index contributed by atoms with van der Waals surface area (Å²) in [6.45, 7) is 4.64. The first kappa shape index (κ1) is 14.0. The number of nitro groups is 1. The van der Waals surface area contributed by atoms with E-state index in [4.69, 9.17) is 0 Å². The van der Waals surface area contributed by atoms with E-state index in [9.17, 15) is 23.7 Å². The molecular weight excluding hydrogens is 246 g/mol. The lowest BCUT2D eigenvalue weighted by molar-refractivity contribution is -0.384. The Morgan fingerprint density at radius 2 is 1.89 bits per heavy atom. The maximum atomic E-state index is 13.5. The van der Waals surface area contributed by atoms with Gasteiger partial charge in [0, 0.05) is 11.5 Å². The van der Waals surface area contributed by atoms with E-state index in [0.29, 0.717) is 6.07 Å². The molecule has 18 heavy (non-hydrogen) atoms. The normalized spacial score (nSPS) is 11.2. The average Bonchev–Trinajstić information content (AvgIpc) is 2.23. The third-order valence-corrected chi connectivity index (χ3v) is 2.19. The van der Waals surface area contributed by atoms with E-state index in [1.54, 1.807) is 20.8 Å². The van der Waals surface area contributed by atoms with Gasteiger partial charge >= 0.3 is 0 Å². The van der Waals surface area contributed by atoms with Crippen molar-refractivity contribution < 1.29 is 18.5 Å². The fourth-order valence-electron chi connectivity index (χ4n) is 1.11. The van der Waals surface area contributed by atoms with Crippen molar-refractivity contribution in [1.29, 1.82) is 0 Å². The lowest BCUT2D eigenvalue weighted by Gasteiger charge is -2.17. The summed E-state index contributed by atoms with van der Waals surface area (Å²) < 4.78 is 26.5. The third kappa shape index (κ3) is 2.79. The number of carbonyl (C=O) groups is 1. The fraction of sp³-hybridized carbons (Fsp3) is 0.364. The van der Waals surface area contributed by atoms with Crippen LogP contribution in [-0.2, 0) is 4.79 Å². The highest BCUT2D eigenvalue weighted by molar-refractivity contribution is 5.96. The standard InChI is InChI=1S/C11H12F2N2O3/c1-11(2,3)10(16)14-9-7(15(17)18)5-4-6(12)8(9)13/h4-5H,1-3H3,(H,14,16). The zero-order chi connectivity index (χ0) is 14.1. The second kappa shape index (κ2) is 4.67. The molecule has 0 aliphatic rings. The largest absolute Gasteiger partial charge is 0.317 e. The monoisotopic (exact) mass is 258 g/mol. The highest BCUT2D eigenvalue weighted by Crippen LogP contribution is 2.30. The molecule has 0 aliphatic heterocycles. The molecule has 7 heteroatoms. The van der Waals surface area contributed by atoms with E-state index in [-0.39, 0.29) is 0 Å². The molecule has 0 aliphatic carbocycles. The molecule has 1 aromatic carbocycles. The quantitative estimate of drug-likeness (QED) is 0.654. The summed E-state index contributed by atoms with van der Waals surface area (Å²) in [4.78, 5) is 21.4. The van der Waals surface area contributed by atoms with Gasteiger partial charge in [-0.25, -0.2) is 8.78 Å². The lowest BCUT2D eigenvalue weighted by atomic mass is 9.95. The highest BCUT2D eigenvalue weighted by Gasteiger charge is 2.28. The Kier molecular flexibility index (Phi) is 3.64. The van der Waals surface area contributed by atoms with Crippen LogP contribution in [0, 0.1) is 27.2 Å². The van der Waals surface area contributed by atoms with Gasteiger partial charge in [0.05, 0.1) is 4.92 Å². The molecule has 0 spiro atoms. The van der Waals surface area contributed by atoms with Gasteiger partial charge in [-0.3, -0.25) is 14.9 Å². The van der Waals surface area contributed by atoms with Crippen molar-refractivity contribution in [2.75, 3.05) is 5.32 Å². The van der Waals surface area contributed by atoms with Crippen LogP contribution >= 0.6 is 0 Å². The van der Waals surface area contributed by atoms with Crippen molar-refractivity contribution in [3.8, 4) is 0 Å². The van der Waals surface area contributed by atoms with Crippen LogP contribution < -0.4 is 5.32 Å². The lowest BCUT2D eigenvalue weighted by Crippen LogP contribution is -2.28. The molecule has 0 saturated heterocycles. The molecule has 1 rings (SSSR count). The number of anilines is 1. The first-order valence-corrected chi connectivity index (χ1v) is 5.08. The van der Waals surface area contributed by atoms with Crippen molar-refractivity contribution in [3.63, 3.8) is 0 Å². The fourth-order valence-corrected chi connectivity index (χ4v) is 1.11. The van der Waals surface area contributed by atoms with Gasteiger partial charge in [0.2, 0.25) is 5.91 Å².